The summed E-state index contributed by atoms with van der Waals surface area (Å²) < 4.78 is 42.4. The second kappa shape index (κ2) is 4.87. The van der Waals surface area contributed by atoms with Crippen LogP contribution in [0.5, 0.6) is 0 Å². The minimum Gasteiger partial charge on any atom is -0.461 e. The Labute approximate surface area is 107 Å². The second-order valence-corrected chi connectivity index (χ2v) is 3.85. The standard InChI is InChI=1S/C13H10F3NO2/c1-2-19-12(18)11-6-8-3-4-10(13(14,15)16)5-9(8)7-17-11/h3-7H,2H2,1H3. The largest absolute Gasteiger partial charge is 0.461 e. The molecule has 0 radical (unpaired) electrons. The fourth-order valence-electron chi connectivity index (χ4n) is 1.63. The molecule has 100 valence electrons. The van der Waals surface area contributed by atoms with Crippen molar-refractivity contribution in [2.45, 2.75) is 13.1 Å². The minimum absolute atomic E-state index is 0.0779. The van der Waals surface area contributed by atoms with Gasteiger partial charge in [-0.25, -0.2) is 9.78 Å². The van der Waals surface area contributed by atoms with Crippen molar-refractivity contribution in [3.05, 3.63) is 41.7 Å². The normalized spacial score (nSPS) is 11.6. The molecule has 0 aliphatic rings. The summed E-state index contributed by atoms with van der Waals surface area (Å²) in [5.74, 6) is -0.593. The highest BCUT2D eigenvalue weighted by atomic mass is 19.4. The zero-order valence-electron chi connectivity index (χ0n) is 9.99. The van der Waals surface area contributed by atoms with Crippen LogP contribution in [-0.4, -0.2) is 17.6 Å². The summed E-state index contributed by atoms with van der Waals surface area (Å²) in [4.78, 5) is 15.3. The van der Waals surface area contributed by atoms with Crippen LogP contribution in [0.25, 0.3) is 10.8 Å². The van der Waals surface area contributed by atoms with E-state index in [9.17, 15) is 18.0 Å². The number of carbonyl (C=O) groups excluding carboxylic acids is 1. The average Bonchev–Trinajstić information content (AvgIpc) is 2.36. The number of nitrogens with zero attached hydrogens (tertiary/aromatic N) is 1. The highest BCUT2D eigenvalue weighted by Crippen LogP contribution is 2.31. The molecule has 0 spiro atoms. The number of fused-ring (bicyclic) bond motifs is 1. The molecule has 0 N–H and O–H groups in total. The third-order valence-electron chi connectivity index (χ3n) is 2.53. The molecule has 2 rings (SSSR count). The van der Waals surface area contributed by atoms with Crippen LogP contribution in [0.2, 0.25) is 0 Å². The van der Waals surface area contributed by atoms with E-state index in [-0.39, 0.29) is 12.3 Å². The molecular weight excluding hydrogens is 259 g/mol. The fourth-order valence-corrected chi connectivity index (χ4v) is 1.63. The molecule has 0 fully saturated rings. The molecule has 3 nitrogen and oxygen atoms in total. The number of benzene rings is 1. The first-order valence-corrected chi connectivity index (χ1v) is 5.56. The van der Waals surface area contributed by atoms with Crippen molar-refractivity contribution >= 4 is 16.7 Å². The van der Waals surface area contributed by atoms with Gasteiger partial charge in [-0.1, -0.05) is 6.07 Å². The minimum atomic E-state index is -4.39. The van der Waals surface area contributed by atoms with Crippen LogP contribution in [0.3, 0.4) is 0 Å². The van der Waals surface area contributed by atoms with E-state index in [4.69, 9.17) is 4.74 Å². The predicted octanol–water partition coefficient (Wildman–Crippen LogP) is 3.43. The first kappa shape index (κ1) is 13.3. The molecule has 1 aromatic heterocycles. The predicted molar refractivity (Wildman–Crippen MR) is 62.7 cm³/mol. The molecule has 19 heavy (non-hydrogen) atoms. The Bertz CT molecular complexity index is 623. The van der Waals surface area contributed by atoms with E-state index in [1.54, 1.807) is 6.92 Å². The van der Waals surface area contributed by atoms with E-state index in [1.807, 2.05) is 0 Å². The number of rotatable bonds is 2. The van der Waals surface area contributed by atoms with Crippen molar-refractivity contribution < 1.29 is 22.7 Å². The molecule has 0 aliphatic heterocycles. The monoisotopic (exact) mass is 269 g/mol. The summed E-state index contributed by atoms with van der Waals surface area (Å²) in [6.07, 6.45) is -3.16. The van der Waals surface area contributed by atoms with Gasteiger partial charge in [0.05, 0.1) is 12.2 Å². The van der Waals surface area contributed by atoms with Gasteiger partial charge in [0.15, 0.2) is 0 Å². The van der Waals surface area contributed by atoms with Crippen molar-refractivity contribution in [1.29, 1.82) is 0 Å². The smallest absolute Gasteiger partial charge is 0.416 e. The number of hydrogen-bond donors (Lipinski definition) is 0. The zero-order valence-corrected chi connectivity index (χ0v) is 9.99. The first-order chi connectivity index (χ1) is 8.91. The number of esters is 1. The number of hydrogen-bond acceptors (Lipinski definition) is 3. The Morgan fingerprint density at radius 1 is 1.26 bits per heavy atom. The van der Waals surface area contributed by atoms with Gasteiger partial charge >= 0.3 is 12.1 Å². The van der Waals surface area contributed by atoms with Crippen molar-refractivity contribution in [3.8, 4) is 0 Å². The van der Waals surface area contributed by atoms with E-state index in [0.29, 0.717) is 10.8 Å². The van der Waals surface area contributed by atoms with Gasteiger partial charge in [-0.3, -0.25) is 0 Å². The van der Waals surface area contributed by atoms with Crippen LogP contribution >= 0.6 is 0 Å². The quantitative estimate of drug-likeness (QED) is 0.784. The zero-order chi connectivity index (χ0) is 14.0. The lowest BCUT2D eigenvalue weighted by atomic mass is 10.1. The molecule has 0 amide bonds. The van der Waals surface area contributed by atoms with Gasteiger partial charge in [0.2, 0.25) is 0 Å². The number of halogens is 3. The summed E-state index contributed by atoms with van der Waals surface area (Å²) in [6, 6.07) is 4.69. The lowest BCUT2D eigenvalue weighted by Gasteiger charge is -2.08. The molecule has 0 atom stereocenters. The van der Waals surface area contributed by atoms with Gasteiger partial charge in [0, 0.05) is 11.6 Å². The summed E-state index contributed by atoms with van der Waals surface area (Å²) in [5, 5.41) is 0.828. The van der Waals surface area contributed by atoms with E-state index in [0.717, 1.165) is 12.1 Å². The van der Waals surface area contributed by atoms with Crippen molar-refractivity contribution in [1.82, 2.24) is 4.98 Å². The molecule has 2 aromatic rings. The van der Waals surface area contributed by atoms with Crippen LogP contribution in [0, 0.1) is 0 Å². The van der Waals surface area contributed by atoms with Gasteiger partial charge < -0.3 is 4.74 Å². The van der Waals surface area contributed by atoms with Gasteiger partial charge in [-0.15, -0.1) is 0 Å². The molecule has 0 saturated heterocycles. The maximum Gasteiger partial charge on any atom is 0.416 e. The molecule has 0 bridgehead atoms. The van der Waals surface area contributed by atoms with Gasteiger partial charge in [-0.05, 0) is 30.5 Å². The summed E-state index contributed by atoms with van der Waals surface area (Å²) in [7, 11) is 0. The second-order valence-electron chi connectivity index (χ2n) is 3.85. The van der Waals surface area contributed by atoms with Crippen molar-refractivity contribution in [3.63, 3.8) is 0 Å². The number of aromatic nitrogens is 1. The summed E-state index contributed by atoms with van der Waals surface area (Å²) in [5.41, 5.74) is -0.667. The Morgan fingerprint density at radius 2 is 2.00 bits per heavy atom. The number of ether oxygens (including phenoxy) is 1. The third-order valence-corrected chi connectivity index (χ3v) is 2.53. The van der Waals surface area contributed by atoms with E-state index in [2.05, 4.69) is 4.98 Å². The molecular formula is C13H10F3NO2. The topological polar surface area (TPSA) is 39.2 Å². The Morgan fingerprint density at radius 3 is 2.63 bits per heavy atom. The van der Waals surface area contributed by atoms with Crippen molar-refractivity contribution in [2.75, 3.05) is 6.61 Å². The van der Waals surface area contributed by atoms with Crippen molar-refractivity contribution in [2.24, 2.45) is 0 Å². The van der Waals surface area contributed by atoms with E-state index < -0.39 is 17.7 Å². The summed E-state index contributed by atoms with van der Waals surface area (Å²) in [6.45, 7) is 1.88. The third kappa shape index (κ3) is 2.83. The van der Waals surface area contributed by atoms with Crippen LogP contribution in [-0.2, 0) is 10.9 Å². The molecule has 6 heteroatoms. The Kier molecular flexibility index (Phi) is 3.42. The van der Waals surface area contributed by atoms with Crippen LogP contribution in [0.15, 0.2) is 30.5 Å². The maximum absolute atomic E-state index is 12.5. The Balaban J connectivity index is 2.43. The number of alkyl halides is 3. The van der Waals surface area contributed by atoms with Crippen LogP contribution < -0.4 is 0 Å². The lowest BCUT2D eigenvalue weighted by molar-refractivity contribution is -0.137. The molecule has 1 heterocycles. The molecule has 0 unspecified atom stereocenters. The molecule has 1 aromatic carbocycles. The Hall–Kier alpha value is -2.11. The van der Waals surface area contributed by atoms with E-state index in [1.165, 1.54) is 18.3 Å². The van der Waals surface area contributed by atoms with E-state index >= 15 is 0 Å². The number of carbonyl (C=O) groups is 1. The first-order valence-electron chi connectivity index (χ1n) is 5.56. The fraction of sp³-hybridized carbons (Fsp3) is 0.231. The SMILES string of the molecule is CCOC(=O)c1cc2ccc(C(F)(F)F)cc2cn1. The highest BCUT2D eigenvalue weighted by molar-refractivity contribution is 5.93. The lowest BCUT2D eigenvalue weighted by Crippen LogP contribution is -2.07. The maximum atomic E-state index is 12.5. The van der Waals surface area contributed by atoms with Gasteiger partial charge in [-0.2, -0.15) is 13.2 Å². The molecule has 0 aliphatic carbocycles. The number of pyridine rings is 1. The highest BCUT2D eigenvalue weighted by Gasteiger charge is 2.30. The van der Waals surface area contributed by atoms with Crippen LogP contribution in [0.4, 0.5) is 13.2 Å². The average molecular weight is 269 g/mol. The van der Waals surface area contributed by atoms with Gasteiger partial charge in [0.25, 0.3) is 0 Å². The van der Waals surface area contributed by atoms with Gasteiger partial charge in [0.1, 0.15) is 5.69 Å². The summed E-state index contributed by atoms with van der Waals surface area (Å²) >= 11 is 0. The van der Waals surface area contributed by atoms with Crippen LogP contribution in [0.1, 0.15) is 23.0 Å². The molecule has 0 saturated carbocycles.